The van der Waals surface area contributed by atoms with Crippen LogP contribution in [0.4, 0.5) is 5.69 Å². The number of anilines is 1. The van der Waals surface area contributed by atoms with Crippen molar-refractivity contribution >= 4 is 11.3 Å². The summed E-state index contributed by atoms with van der Waals surface area (Å²) in [6.07, 6.45) is 1.97. The highest BCUT2D eigenvalue weighted by Gasteiger charge is 2.18. The van der Waals surface area contributed by atoms with E-state index in [9.17, 15) is 0 Å². The van der Waals surface area contributed by atoms with Gasteiger partial charge in [0.1, 0.15) is 11.4 Å². The second kappa shape index (κ2) is 8.59. The Labute approximate surface area is 177 Å². The van der Waals surface area contributed by atoms with Crippen LogP contribution in [-0.2, 0) is 13.1 Å². The molecule has 0 aliphatic carbocycles. The molecule has 0 amide bonds. The zero-order chi connectivity index (χ0) is 21.1. The molecular formula is C25H28N4O. The second-order valence-corrected chi connectivity index (χ2v) is 7.57. The van der Waals surface area contributed by atoms with Crippen molar-refractivity contribution in [1.29, 1.82) is 0 Å². The molecule has 0 saturated carbocycles. The number of nitrogen functional groups attached to an aromatic ring is 1. The predicted molar refractivity (Wildman–Crippen MR) is 123 cm³/mol. The molecule has 0 atom stereocenters. The first-order valence-corrected chi connectivity index (χ1v) is 10.3. The number of imidazole rings is 1. The minimum Gasteiger partial charge on any atom is -0.496 e. The number of aryl methyl sites for hydroxylation is 1. The zero-order valence-electron chi connectivity index (χ0n) is 17.8. The van der Waals surface area contributed by atoms with E-state index in [1.165, 1.54) is 5.56 Å². The van der Waals surface area contributed by atoms with Crippen molar-refractivity contribution in [1.82, 2.24) is 14.3 Å². The molecule has 0 radical (unpaired) electrons. The first kappa shape index (κ1) is 20.0. The number of rotatable bonds is 7. The second-order valence-electron chi connectivity index (χ2n) is 7.57. The van der Waals surface area contributed by atoms with Crippen molar-refractivity contribution in [3.8, 4) is 17.0 Å². The summed E-state index contributed by atoms with van der Waals surface area (Å²) in [6.45, 7) is 6.84. The number of hydrogen-bond acceptors (Lipinski definition) is 4. The molecule has 2 aromatic heterocycles. The number of methoxy groups -OCH3 is 1. The van der Waals surface area contributed by atoms with E-state index in [1.807, 2.05) is 24.4 Å². The summed E-state index contributed by atoms with van der Waals surface area (Å²) in [4.78, 5) is 7.37. The van der Waals surface area contributed by atoms with Crippen LogP contribution in [0.2, 0.25) is 0 Å². The van der Waals surface area contributed by atoms with Crippen LogP contribution in [-0.4, -0.2) is 27.9 Å². The lowest BCUT2D eigenvalue weighted by Crippen LogP contribution is -2.23. The minimum absolute atomic E-state index is 0.727. The van der Waals surface area contributed by atoms with Crippen molar-refractivity contribution in [2.45, 2.75) is 26.9 Å². The Kier molecular flexibility index (Phi) is 5.72. The zero-order valence-corrected chi connectivity index (χ0v) is 17.8. The molecule has 0 saturated heterocycles. The Bertz CT molecular complexity index is 1150. The first-order valence-electron chi connectivity index (χ1n) is 10.3. The maximum atomic E-state index is 6.11. The maximum absolute atomic E-state index is 6.11. The van der Waals surface area contributed by atoms with Crippen molar-refractivity contribution in [3.63, 3.8) is 0 Å². The maximum Gasteiger partial charge on any atom is 0.137 e. The standard InChI is InChI=1S/C25H28N4O/c1-4-28(15-19-8-6-5-7-9-19)17-22-25(20-10-12-23(30-3)18(2)14-20)27-24-13-11-21(26)16-29(22)24/h5-14,16H,4,15,17,26H2,1-3H3. The van der Waals surface area contributed by atoms with Crippen LogP contribution < -0.4 is 10.5 Å². The normalized spacial score (nSPS) is 11.3. The van der Waals surface area contributed by atoms with Gasteiger partial charge in [0.25, 0.3) is 0 Å². The van der Waals surface area contributed by atoms with Crippen LogP contribution in [0.25, 0.3) is 16.9 Å². The van der Waals surface area contributed by atoms with Crippen molar-refractivity contribution in [2.24, 2.45) is 0 Å². The fourth-order valence-electron chi connectivity index (χ4n) is 3.85. The van der Waals surface area contributed by atoms with Crippen molar-refractivity contribution < 1.29 is 4.74 Å². The highest BCUT2D eigenvalue weighted by Crippen LogP contribution is 2.30. The van der Waals surface area contributed by atoms with E-state index in [-0.39, 0.29) is 0 Å². The third-order valence-corrected chi connectivity index (χ3v) is 5.48. The molecule has 2 N–H and O–H groups in total. The fraction of sp³-hybridized carbons (Fsp3) is 0.240. The SMILES string of the molecule is CCN(Cc1ccccc1)Cc1c(-c2ccc(OC)c(C)c2)nc2ccc(N)cn12. The third kappa shape index (κ3) is 4.02. The van der Waals surface area contributed by atoms with E-state index in [2.05, 4.69) is 65.6 Å². The summed E-state index contributed by atoms with van der Waals surface area (Å²) in [6, 6.07) is 20.7. The molecule has 5 nitrogen and oxygen atoms in total. The Morgan fingerprint density at radius 2 is 1.83 bits per heavy atom. The molecule has 0 bridgehead atoms. The molecule has 0 aliphatic rings. The Hall–Kier alpha value is -3.31. The third-order valence-electron chi connectivity index (χ3n) is 5.48. The molecule has 4 rings (SSSR count). The van der Waals surface area contributed by atoms with E-state index in [4.69, 9.17) is 15.5 Å². The molecule has 2 aromatic carbocycles. The lowest BCUT2D eigenvalue weighted by Gasteiger charge is -2.21. The monoisotopic (exact) mass is 400 g/mol. The largest absolute Gasteiger partial charge is 0.496 e. The fourth-order valence-corrected chi connectivity index (χ4v) is 3.85. The smallest absolute Gasteiger partial charge is 0.137 e. The molecule has 2 heterocycles. The van der Waals surface area contributed by atoms with Crippen LogP contribution in [0.5, 0.6) is 5.75 Å². The average Bonchev–Trinajstić information content (AvgIpc) is 3.11. The Balaban J connectivity index is 1.77. The highest BCUT2D eigenvalue weighted by molar-refractivity contribution is 5.69. The molecule has 0 aliphatic heterocycles. The molecule has 0 spiro atoms. The summed E-state index contributed by atoms with van der Waals surface area (Å²) in [5, 5.41) is 0. The Morgan fingerprint density at radius 3 is 2.53 bits per heavy atom. The van der Waals surface area contributed by atoms with E-state index >= 15 is 0 Å². The number of fused-ring (bicyclic) bond motifs is 1. The van der Waals surface area contributed by atoms with Crippen LogP contribution in [0.3, 0.4) is 0 Å². The predicted octanol–water partition coefficient (Wildman–Crippen LogP) is 4.92. The molecule has 0 unspecified atom stereocenters. The van der Waals surface area contributed by atoms with Gasteiger partial charge in [-0.3, -0.25) is 4.90 Å². The minimum atomic E-state index is 0.727. The van der Waals surface area contributed by atoms with Crippen LogP contribution in [0.15, 0.2) is 66.9 Å². The van der Waals surface area contributed by atoms with E-state index < -0.39 is 0 Å². The lowest BCUT2D eigenvalue weighted by molar-refractivity contribution is 0.268. The Morgan fingerprint density at radius 1 is 1.03 bits per heavy atom. The van der Waals surface area contributed by atoms with Crippen LogP contribution in [0, 0.1) is 6.92 Å². The van der Waals surface area contributed by atoms with Gasteiger partial charge in [-0.15, -0.1) is 0 Å². The van der Waals surface area contributed by atoms with Crippen molar-refractivity contribution in [2.75, 3.05) is 19.4 Å². The summed E-state index contributed by atoms with van der Waals surface area (Å²) in [7, 11) is 1.70. The molecular weight excluding hydrogens is 372 g/mol. The molecule has 154 valence electrons. The van der Waals surface area contributed by atoms with Gasteiger partial charge in [-0.1, -0.05) is 37.3 Å². The number of nitrogens with zero attached hydrogens (tertiary/aromatic N) is 3. The number of nitrogens with two attached hydrogens (primary N) is 1. The summed E-state index contributed by atoms with van der Waals surface area (Å²) in [5.74, 6) is 0.882. The number of ether oxygens (including phenoxy) is 1. The summed E-state index contributed by atoms with van der Waals surface area (Å²) < 4.78 is 7.56. The number of benzene rings is 2. The lowest BCUT2D eigenvalue weighted by atomic mass is 10.1. The summed E-state index contributed by atoms with van der Waals surface area (Å²) >= 11 is 0. The van der Waals surface area contributed by atoms with Crippen LogP contribution in [0.1, 0.15) is 23.7 Å². The van der Waals surface area contributed by atoms with E-state index in [1.54, 1.807) is 7.11 Å². The first-order chi connectivity index (χ1) is 14.6. The van der Waals surface area contributed by atoms with Crippen LogP contribution >= 0.6 is 0 Å². The van der Waals surface area contributed by atoms with Gasteiger partial charge in [0, 0.05) is 30.5 Å². The molecule has 30 heavy (non-hydrogen) atoms. The van der Waals surface area contributed by atoms with Gasteiger partial charge in [0.15, 0.2) is 0 Å². The number of aromatic nitrogens is 2. The topological polar surface area (TPSA) is 55.8 Å². The van der Waals surface area contributed by atoms with Gasteiger partial charge in [0.2, 0.25) is 0 Å². The molecule has 5 heteroatoms. The van der Waals surface area contributed by atoms with Gasteiger partial charge < -0.3 is 14.9 Å². The number of pyridine rings is 1. The summed E-state index contributed by atoms with van der Waals surface area (Å²) in [5.41, 5.74) is 13.3. The van der Waals surface area contributed by atoms with Crippen molar-refractivity contribution in [3.05, 3.63) is 83.7 Å². The average molecular weight is 401 g/mol. The molecule has 4 aromatic rings. The van der Waals surface area contributed by atoms with Gasteiger partial charge in [-0.2, -0.15) is 0 Å². The van der Waals surface area contributed by atoms with Gasteiger partial charge >= 0.3 is 0 Å². The van der Waals surface area contributed by atoms with Gasteiger partial charge in [-0.25, -0.2) is 4.98 Å². The van der Waals surface area contributed by atoms with E-state index in [0.29, 0.717) is 0 Å². The van der Waals surface area contributed by atoms with E-state index in [0.717, 1.165) is 59.2 Å². The van der Waals surface area contributed by atoms with Gasteiger partial charge in [-0.05, 0) is 54.9 Å². The van der Waals surface area contributed by atoms with Gasteiger partial charge in [0.05, 0.1) is 18.5 Å². The quantitative estimate of drug-likeness (QED) is 0.478. The number of hydrogen-bond donors (Lipinski definition) is 1. The molecule has 0 fully saturated rings. The highest BCUT2D eigenvalue weighted by atomic mass is 16.5.